The third-order valence-electron chi connectivity index (χ3n) is 2.64. The molecule has 0 aliphatic heterocycles. The van der Waals surface area contributed by atoms with E-state index in [2.05, 4.69) is 36.1 Å². The Hall–Kier alpha value is -1.56. The lowest BCUT2D eigenvalue weighted by Gasteiger charge is -2.22. The molecule has 4 N–H and O–H groups in total. The number of nitrogen functional groups attached to an aromatic ring is 1. The van der Waals surface area contributed by atoms with Gasteiger partial charge in [0.25, 0.3) is 0 Å². The Labute approximate surface area is 120 Å². The fraction of sp³-hybridized carbons (Fsp3) is 0.714. The molecule has 1 rings (SSSR count). The highest BCUT2D eigenvalue weighted by Crippen LogP contribution is 2.25. The van der Waals surface area contributed by atoms with Gasteiger partial charge in [-0.25, -0.2) is 4.98 Å². The number of aliphatic hydroxyl groups is 1. The molecule has 0 spiro atoms. The van der Waals surface area contributed by atoms with Gasteiger partial charge in [-0.1, -0.05) is 27.7 Å². The van der Waals surface area contributed by atoms with Crippen molar-refractivity contribution in [3.05, 3.63) is 6.33 Å². The van der Waals surface area contributed by atoms with Crippen LogP contribution in [0.4, 0.5) is 11.5 Å². The number of nitrogens with zero attached hydrogens (tertiary/aromatic N) is 2. The van der Waals surface area contributed by atoms with Gasteiger partial charge in [0.05, 0.1) is 12.7 Å². The molecule has 0 amide bonds. The number of nitrogens with one attached hydrogen (secondary N) is 1. The molecule has 1 aromatic rings. The van der Waals surface area contributed by atoms with Crippen LogP contribution in [0.2, 0.25) is 0 Å². The molecule has 0 aliphatic carbocycles. The van der Waals surface area contributed by atoms with Crippen molar-refractivity contribution in [2.45, 2.75) is 46.6 Å². The second-order valence-electron chi connectivity index (χ2n) is 6.09. The van der Waals surface area contributed by atoms with Crippen LogP contribution in [0.1, 0.15) is 40.5 Å². The van der Waals surface area contributed by atoms with Gasteiger partial charge in [0, 0.05) is 6.54 Å². The zero-order valence-corrected chi connectivity index (χ0v) is 12.8. The third-order valence-corrected chi connectivity index (χ3v) is 2.64. The molecule has 20 heavy (non-hydrogen) atoms. The van der Waals surface area contributed by atoms with Gasteiger partial charge >= 0.3 is 0 Å². The van der Waals surface area contributed by atoms with Gasteiger partial charge in [0.2, 0.25) is 5.88 Å². The SMILES string of the molecule is CCCOc1ncnc(NCC(O)CC(C)(C)C)c1N. The van der Waals surface area contributed by atoms with Gasteiger partial charge < -0.3 is 20.9 Å². The highest BCUT2D eigenvalue weighted by molar-refractivity contribution is 5.66. The van der Waals surface area contributed by atoms with Crippen LogP contribution in [0.3, 0.4) is 0 Å². The smallest absolute Gasteiger partial charge is 0.242 e. The molecular weight excluding hydrogens is 256 g/mol. The molecule has 6 nitrogen and oxygen atoms in total. The van der Waals surface area contributed by atoms with Gasteiger partial charge in [0.15, 0.2) is 5.82 Å². The van der Waals surface area contributed by atoms with Crippen molar-refractivity contribution in [2.24, 2.45) is 5.41 Å². The molecule has 0 aliphatic rings. The number of aliphatic hydroxyl groups excluding tert-OH is 1. The Kier molecular flexibility index (Phi) is 6.01. The topological polar surface area (TPSA) is 93.3 Å². The van der Waals surface area contributed by atoms with Gasteiger partial charge in [0.1, 0.15) is 12.0 Å². The van der Waals surface area contributed by atoms with E-state index in [-0.39, 0.29) is 5.41 Å². The van der Waals surface area contributed by atoms with E-state index in [4.69, 9.17) is 10.5 Å². The van der Waals surface area contributed by atoms with Crippen LogP contribution in [0.25, 0.3) is 0 Å². The summed E-state index contributed by atoms with van der Waals surface area (Å²) >= 11 is 0. The van der Waals surface area contributed by atoms with Crippen LogP contribution < -0.4 is 15.8 Å². The molecule has 0 aromatic carbocycles. The largest absolute Gasteiger partial charge is 0.476 e. The summed E-state index contributed by atoms with van der Waals surface area (Å²) in [6.07, 6.45) is 2.53. The van der Waals surface area contributed by atoms with E-state index in [0.717, 1.165) is 6.42 Å². The van der Waals surface area contributed by atoms with Gasteiger partial charge in [-0.3, -0.25) is 0 Å². The Balaban J connectivity index is 2.59. The summed E-state index contributed by atoms with van der Waals surface area (Å²) in [6, 6.07) is 0. The molecule has 114 valence electrons. The maximum atomic E-state index is 9.97. The number of ether oxygens (including phenoxy) is 1. The molecule has 0 bridgehead atoms. The fourth-order valence-electron chi connectivity index (χ4n) is 1.83. The maximum Gasteiger partial charge on any atom is 0.242 e. The van der Waals surface area contributed by atoms with Crippen molar-refractivity contribution in [2.75, 3.05) is 24.2 Å². The Morgan fingerprint density at radius 1 is 1.40 bits per heavy atom. The average Bonchev–Trinajstić information content (AvgIpc) is 2.34. The molecule has 1 aromatic heterocycles. The molecule has 0 radical (unpaired) electrons. The summed E-state index contributed by atoms with van der Waals surface area (Å²) in [5, 5.41) is 13.0. The molecule has 1 atom stereocenters. The van der Waals surface area contributed by atoms with E-state index in [0.29, 0.717) is 37.0 Å². The van der Waals surface area contributed by atoms with Crippen LogP contribution in [0.15, 0.2) is 6.33 Å². The van der Waals surface area contributed by atoms with E-state index < -0.39 is 6.10 Å². The monoisotopic (exact) mass is 282 g/mol. The number of aromatic nitrogens is 2. The van der Waals surface area contributed by atoms with E-state index in [9.17, 15) is 5.11 Å². The molecule has 0 fully saturated rings. The van der Waals surface area contributed by atoms with Gasteiger partial charge in [-0.15, -0.1) is 0 Å². The first kappa shape index (κ1) is 16.5. The summed E-state index contributed by atoms with van der Waals surface area (Å²) < 4.78 is 5.44. The number of anilines is 2. The predicted molar refractivity (Wildman–Crippen MR) is 80.8 cm³/mol. The number of hydrogen-bond acceptors (Lipinski definition) is 6. The average molecular weight is 282 g/mol. The van der Waals surface area contributed by atoms with Crippen molar-refractivity contribution >= 4 is 11.5 Å². The van der Waals surface area contributed by atoms with E-state index in [1.807, 2.05) is 6.92 Å². The highest BCUT2D eigenvalue weighted by atomic mass is 16.5. The first-order valence-electron chi connectivity index (χ1n) is 6.98. The highest BCUT2D eigenvalue weighted by Gasteiger charge is 2.17. The molecule has 1 heterocycles. The van der Waals surface area contributed by atoms with E-state index >= 15 is 0 Å². The number of rotatable bonds is 7. The van der Waals surface area contributed by atoms with Crippen molar-refractivity contribution in [3.8, 4) is 5.88 Å². The Morgan fingerprint density at radius 2 is 2.10 bits per heavy atom. The zero-order chi connectivity index (χ0) is 15.2. The fourth-order valence-corrected chi connectivity index (χ4v) is 1.83. The number of nitrogens with two attached hydrogens (primary N) is 1. The van der Waals surface area contributed by atoms with Crippen LogP contribution in [-0.4, -0.2) is 34.3 Å². The quantitative estimate of drug-likeness (QED) is 0.709. The minimum atomic E-state index is -0.454. The maximum absolute atomic E-state index is 9.97. The van der Waals surface area contributed by atoms with Crippen LogP contribution in [-0.2, 0) is 0 Å². The zero-order valence-electron chi connectivity index (χ0n) is 12.8. The second kappa shape index (κ2) is 7.28. The second-order valence-corrected chi connectivity index (χ2v) is 6.09. The molecule has 0 saturated carbocycles. The van der Waals surface area contributed by atoms with Gasteiger partial charge in [-0.2, -0.15) is 4.98 Å². The van der Waals surface area contributed by atoms with Crippen LogP contribution in [0.5, 0.6) is 5.88 Å². The lowest BCUT2D eigenvalue weighted by Crippen LogP contribution is -2.25. The van der Waals surface area contributed by atoms with Gasteiger partial charge in [-0.05, 0) is 18.3 Å². The lowest BCUT2D eigenvalue weighted by molar-refractivity contribution is 0.132. The minimum absolute atomic E-state index is 0.0771. The van der Waals surface area contributed by atoms with Crippen LogP contribution >= 0.6 is 0 Å². The molecular formula is C14H26N4O2. The summed E-state index contributed by atoms with van der Waals surface area (Å²) in [4.78, 5) is 8.08. The third kappa shape index (κ3) is 5.61. The summed E-state index contributed by atoms with van der Waals surface area (Å²) in [6.45, 7) is 9.24. The minimum Gasteiger partial charge on any atom is -0.476 e. The number of hydrogen-bond donors (Lipinski definition) is 3. The Bertz CT molecular complexity index is 418. The predicted octanol–water partition coefficient (Wildman–Crippen LogP) is 2.06. The van der Waals surface area contributed by atoms with Crippen LogP contribution in [0, 0.1) is 5.41 Å². The lowest BCUT2D eigenvalue weighted by atomic mass is 9.89. The standard InChI is InChI=1S/C14H26N4O2/c1-5-6-20-13-11(15)12(17-9-18-13)16-8-10(19)7-14(2,3)4/h9-10,19H,5-8,15H2,1-4H3,(H,16,17,18). The normalized spacial score (nSPS) is 13.1. The Morgan fingerprint density at radius 3 is 2.70 bits per heavy atom. The van der Waals surface area contributed by atoms with Crippen molar-refractivity contribution in [3.63, 3.8) is 0 Å². The first-order chi connectivity index (χ1) is 9.33. The summed E-state index contributed by atoms with van der Waals surface area (Å²) in [7, 11) is 0. The van der Waals surface area contributed by atoms with E-state index in [1.54, 1.807) is 0 Å². The van der Waals surface area contributed by atoms with E-state index in [1.165, 1.54) is 6.33 Å². The summed E-state index contributed by atoms with van der Waals surface area (Å²) in [5.74, 6) is 0.883. The van der Waals surface area contributed by atoms with Crippen molar-refractivity contribution in [1.29, 1.82) is 0 Å². The van der Waals surface area contributed by atoms with Crippen molar-refractivity contribution < 1.29 is 9.84 Å². The van der Waals surface area contributed by atoms with Crippen molar-refractivity contribution in [1.82, 2.24) is 9.97 Å². The molecule has 1 unspecified atom stereocenters. The molecule has 6 heteroatoms. The molecule has 0 saturated heterocycles. The summed E-state index contributed by atoms with van der Waals surface area (Å²) in [5.41, 5.74) is 6.40. The first-order valence-corrected chi connectivity index (χ1v) is 6.98.